The first-order valence-electron chi connectivity index (χ1n) is 13.4. The maximum absolute atomic E-state index is 13.8. The van der Waals surface area contributed by atoms with Gasteiger partial charge in [0.05, 0.1) is 12.2 Å². The molecule has 0 radical (unpaired) electrons. The zero-order valence-electron chi connectivity index (χ0n) is 22.9. The van der Waals surface area contributed by atoms with Crippen LogP contribution in [0.15, 0.2) is 36.4 Å². The molecule has 0 aromatic heterocycles. The smallest absolute Gasteiger partial charge is 0.383 e. The number of nitrogens with zero attached hydrogens (tertiary/aromatic N) is 3. The Balaban J connectivity index is 1.51. The molecule has 4 rings (SSSR count). The Morgan fingerprint density at radius 3 is 2.39 bits per heavy atom. The van der Waals surface area contributed by atoms with Crippen molar-refractivity contribution >= 4 is 40.8 Å². The van der Waals surface area contributed by atoms with Crippen LogP contribution in [0, 0.1) is 0 Å². The predicted molar refractivity (Wildman–Crippen MR) is 152 cm³/mol. The van der Waals surface area contributed by atoms with Crippen molar-refractivity contribution in [2.45, 2.75) is 38.1 Å². The van der Waals surface area contributed by atoms with Gasteiger partial charge in [0.25, 0.3) is 0 Å². The van der Waals surface area contributed by atoms with Gasteiger partial charge in [-0.3, -0.25) is 4.79 Å². The fourth-order valence-corrected chi connectivity index (χ4v) is 5.65. The summed E-state index contributed by atoms with van der Waals surface area (Å²) in [5.74, 6) is -0.230. The van der Waals surface area contributed by atoms with E-state index in [1.54, 1.807) is 30.2 Å². The van der Waals surface area contributed by atoms with Gasteiger partial charge >= 0.3 is 12.2 Å². The van der Waals surface area contributed by atoms with Gasteiger partial charge in [-0.1, -0.05) is 35.3 Å². The van der Waals surface area contributed by atoms with E-state index < -0.39 is 17.8 Å². The van der Waals surface area contributed by atoms with Crippen molar-refractivity contribution < 1.29 is 27.5 Å². The number of hydrogen-bond acceptors (Lipinski definition) is 5. The summed E-state index contributed by atoms with van der Waals surface area (Å²) in [4.78, 5) is 31.4. The number of amides is 3. The molecule has 8 nitrogen and oxygen atoms in total. The van der Waals surface area contributed by atoms with Crippen LogP contribution in [0.4, 0.5) is 23.7 Å². The van der Waals surface area contributed by atoms with Crippen molar-refractivity contribution in [2.24, 2.45) is 0 Å². The van der Waals surface area contributed by atoms with E-state index in [0.717, 1.165) is 11.6 Å². The number of piperazine rings is 1. The number of ether oxygens (including phenoxy) is 1. The van der Waals surface area contributed by atoms with E-state index in [4.69, 9.17) is 27.9 Å². The Morgan fingerprint density at radius 2 is 1.78 bits per heavy atom. The van der Waals surface area contributed by atoms with Gasteiger partial charge < -0.3 is 30.1 Å². The van der Waals surface area contributed by atoms with Crippen molar-refractivity contribution in [3.63, 3.8) is 0 Å². The van der Waals surface area contributed by atoms with Crippen LogP contribution in [-0.4, -0.2) is 86.8 Å². The zero-order chi connectivity index (χ0) is 29.7. The molecule has 2 unspecified atom stereocenters. The highest BCUT2D eigenvalue weighted by molar-refractivity contribution is 6.35. The molecule has 2 atom stereocenters. The number of carbonyl (C=O) groups excluding carboxylic acids is 2. The van der Waals surface area contributed by atoms with E-state index in [0.29, 0.717) is 73.7 Å². The minimum atomic E-state index is -4.48. The van der Waals surface area contributed by atoms with Gasteiger partial charge in [0.15, 0.2) is 0 Å². The monoisotopic (exact) mass is 615 g/mol. The lowest BCUT2D eigenvalue weighted by molar-refractivity contribution is -0.137. The Morgan fingerprint density at radius 1 is 1.07 bits per heavy atom. The third kappa shape index (κ3) is 7.77. The minimum Gasteiger partial charge on any atom is -0.383 e. The predicted octanol–water partition coefficient (Wildman–Crippen LogP) is 4.42. The highest BCUT2D eigenvalue weighted by Gasteiger charge is 2.37. The first kappa shape index (κ1) is 31.2. The van der Waals surface area contributed by atoms with E-state index in [2.05, 4.69) is 10.6 Å². The van der Waals surface area contributed by atoms with Gasteiger partial charge in [-0.05, 0) is 42.3 Å². The van der Waals surface area contributed by atoms with Gasteiger partial charge in [-0.15, -0.1) is 0 Å². The SMILES string of the molecule is COCC(C)NCc1ccc(C(F)(F)F)cc1N1CCN(C(=O)C(Cc2ccc(Cl)cc2Cl)N2CCNC2=O)CC1. The Labute approximate surface area is 247 Å². The van der Waals surface area contributed by atoms with Crippen molar-refractivity contribution in [1.82, 2.24) is 20.4 Å². The first-order valence-corrected chi connectivity index (χ1v) is 14.2. The summed E-state index contributed by atoms with van der Waals surface area (Å²) < 4.78 is 45.9. The second kappa shape index (κ2) is 13.5. The summed E-state index contributed by atoms with van der Waals surface area (Å²) in [5, 5.41) is 6.91. The van der Waals surface area contributed by atoms with Gasteiger partial charge in [0.2, 0.25) is 5.91 Å². The molecule has 2 aromatic rings. The van der Waals surface area contributed by atoms with Crippen LogP contribution in [0.25, 0.3) is 0 Å². The summed E-state index contributed by atoms with van der Waals surface area (Å²) in [6.45, 7) is 4.85. The number of hydrogen-bond donors (Lipinski definition) is 2. The number of methoxy groups -OCH3 is 1. The summed E-state index contributed by atoms with van der Waals surface area (Å²) >= 11 is 12.4. The third-order valence-corrected chi connectivity index (χ3v) is 7.97. The lowest BCUT2D eigenvalue weighted by Crippen LogP contribution is -2.56. The van der Waals surface area contributed by atoms with Crippen LogP contribution in [0.1, 0.15) is 23.6 Å². The standard InChI is InChI=1S/C28H34Cl2F3N5O3/c1-18(17-41-2)35-16-20-3-5-21(28(31,32)33)14-24(20)36-9-11-37(12-10-36)26(39)25(38-8-7-34-27(38)40)13-19-4-6-22(29)15-23(19)30/h3-6,14-15,18,25,35H,7-13,16-17H2,1-2H3,(H,34,40). The fraction of sp³-hybridized carbons (Fsp3) is 0.500. The highest BCUT2D eigenvalue weighted by atomic mass is 35.5. The van der Waals surface area contributed by atoms with E-state index >= 15 is 0 Å². The Bertz CT molecular complexity index is 1240. The first-order chi connectivity index (χ1) is 19.5. The zero-order valence-corrected chi connectivity index (χ0v) is 24.5. The number of nitrogens with one attached hydrogen (secondary N) is 2. The molecule has 13 heteroatoms. The lowest BCUT2D eigenvalue weighted by atomic mass is 10.0. The second-order valence-corrected chi connectivity index (χ2v) is 11.1. The average molecular weight is 617 g/mol. The van der Waals surface area contributed by atoms with Gasteiger partial charge in [-0.2, -0.15) is 13.2 Å². The topological polar surface area (TPSA) is 77.2 Å². The summed E-state index contributed by atoms with van der Waals surface area (Å²) in [6.07, 6.45) is -4.26. The lowest BCUT2D eigenvalue weighted by Gasteiger charge is -2.40. The molecular weight excluding hydrogens is 582 g/mol. The second-order valence-electron chi connectivity index (χ2n) is 10.3. The molecule has 2 heterocycles. The van der Waals surface area contributed by atoms with Gasteiger partial charge in [0, 0.05) is 81.1 Å². The number of anilines is 1. The minimum absolute atomic E-state index is 0.0125. The van der Waals surface area contributed by atoms with Crippen molar-refractivity contribution in [3.8, 4) is 0 Å². The Kier molecular flexibility index (Phi) is 10.3. The Hall–Kier alpha value is -2.73. The molecule has 224 valence electrons. The van der Waals surface area contributed by atoms with Crippen LogP contribution in [0.2, 0.25) is 10.0 Å². The van der Waals surface area contributed by atoms with Gasteiger partial charge in [0.1, 0.15) is 6.04 Å². The molecule has 2 aliphatic rings. The molecule has 3 amide bonds. The van der Waals surface area contributed by atoms with Crippen LogP contribution in [0.3, 0.4) is 0 Å². The molecular formula is C28H34Cl2F3N5O3. The van der Waals surface area contributed by atoms with Crippen LogP contribution < -0.4 is 15.5 Å². The number of carbonyl (C=O) groups is 2. The van der Waals surface area contributed by atoms with E-state index in [1.807, 2.05) is 11.8 Å². The average Bonchev–Trinajstić information content (AvgIpc) is 3.36. The van der Waals surface area contributed by atoms with E-state index in [1.165, 1.54) is 17.0 Å². The van der Waals surface area contributed by atoms with Crippen molar-refractivity contribution in [3.05, 3.63) is 63.1 Å². The molecule has 0 aliphatic carbocycles. The maximum atomic E-state index is 13.8. The molecule has 2 N–H and O–H groups in total. The molecule has 2 saturated heterocycles. The van der Waals surface area contributed by atoms with E-state index in [-0.39, 0.29) is 24.4 Å². The molecule has 0 bridgehead atoms. The largest absolute Gasteiger partial charge is 0.416 e. The number of halogens is 5. The molecule has 0 spiro atoms. The maximum Gasteiger partial charge on any atom is 0.416 e. The van der Waals surface area contributed by atoms with Gasteiger partial charge in [-0.25, -0.2) is 4.79 Å². The normalized spacial score (nSPS) is 17.5. The van der Waals surface area contributed by atoms with E-state index in [9.17, 15) is 22.8 Å². The third-order valence-electron chi connectivity index (χ3n) is 7.38. The van der Waals surface area contributed by atoms with Crippen molar-refractivity contribution in [1.29, 1.82) is 0 Å². The molecule has 2 aliphatic heterocycles. The van der Waals surface area contributed by atoms with Crippen molar-refractivity contribution in [2.75, 3.05) is 57.9 Å². The number of rotatable bonds is 10. The number of urea groups is 1. The quantitative estimate of drug-likeness (QED) is 0.414. The molecule has 41 heavy (non-hydrogen) atoms. The van der Waals surface area contributed by atoms with Crippen LogP contribution in [-0.2, 0) is 28.7 Å². The number of alkyl halides is 3. The number of benzene rings is 2. The highest BCUT2D eigenvalue weighted by Crippen LogP contribution is 2.34. The molecule has 2 fully saturated rings. The summed E-state index contributed by atoms with van der Waals surface area (Å²) in [6, 6.07) is 7.70. The van der Waals surface area contributed by atoms with Crippen LogP contribution in [0.5, 0.6) is 0 Å². The summed E-state index contributed by atoms with van der Waals surface area (Å²) in [5.41, 5.74) is 1.17. The summed E-state index contributed by atoms with van der Waals surface area (Å²) in [7, 11) is 1.59. The fourth-order valence-electron chi connectivity index (χ4n) is 5.17. The molecule has 0 saturated carbocycles. The van der Waals surface area contributed by atoms with Crippen LogP contribution >= 0.6 is 23.2 Å². The molecule has 2 aromatic carbocycles.